The van der Waals surface area contributed by atoms with Gasteiger partial charge in [0.2, 0.25) is 0 Å². The highest BCUT2D eigenvalue weighted by molar-refractivity contribution is 5.46. The van der Waals surface area contributed by atoms with E-state index < -0.39 is 6.61 Å². The van der Waals surface area contributed by atoms with E-state index in [-0.39, 0.29) is 11.2 Å². The van der Waals surface area contributed by atoms with Crippen LogP contribution in [-0.2, 0) is 6.54 Å². The van der Waals surface area contributed by atoms with Gasteiger partial charge >= 0.3 is 6.61 Å². The molecule has 0 fully saturated rings. The Kier molecular flexibility index (Phi) is 6.40. The maximum absolute atomic E-state index is 12.5. The first-order valence-electron chi connectivity index (χ1n) is 7.09. The molecule has 0 atom stereocenters. The average Bonchev–Trinajstić information content (AvgIpc) is 2.39. The predicted molar refractivity (Wildman–Crippen MR) is 80.0 cm³/mol. The first-order valence-corrected chi connectivity index (χ1v) is 7.09. The SMILES string of the molecule is COc1cccc(CNCC(C)(C)C(C)C)c1OC(F)F. The second kappa shape index (κ2) is 7.59. The van der Waals surface area contributed by atoms with E-state index in [0.717, 1.165) is 6.54 Å². The fourth-order valence-electron chi connectivity index (χ4n) is 1.81. The van der Waals surface area contributed by atoms with Crippen LogP contribution in [-0.4, -0.2) is 20.3 Å². The van der Waals surface area contributed by atoms with Gasteiger partial charge in [0.25, 0.3) is 0 Å². The van der Waals surface area contributed by atoms with Gasteiger partial charge in [0.15, 0.2) is 11.5 Å². The Labute approximate surface area is 125 Å². The molecule has 0 aliphatic carbocycles. The molecule has 0 radical (unpaired) electrons. The zero-order chi connectivity index (χ0) is 16.0. The topological polar surface area (TPSA) is 30.5 Å². The maximum Gasteiger partial charge on any atom is 0.387 e. The van der Waals surface area contributed by atoms with E-state index in [1.54, 1.807) is 18.2 Å². The number of hydrogen-bond acceptors (Lipinski definition) is 3. The molecule has 3 nitrogen and oxygen atoms in total. The first-order chi connectivity index (χ1) is 9.77. The third-order valence-corrected chi connectivity index (χ3v) is 3.95. The standard InChI is InChI=1S/C16H25F2NO2/c1-11(2)16(3,4)10-19-9-12-7-6-8-13(20-5)14(12)21-15(17)18/h6-8,11,15,19H,9-10H2,1-5H3. The van der Waals surface area contributed by atoms with E-state index in [2.05, 4.69) is 37.7 Å². The van der Waals surface area contributed by atoms with Gasteiger partial charge in [-0.15, -0.1) is 0 Å². The molecule has 0 aliphatic heterocycles. The largest absolute Gasteiger partial charge is 0.493 e. The van der Waals surface area contributed by atoms with Crippen molar-refractivity contribution < 1.29 is 18.3 Å². The van der Waals surface area contributed by atoms with Gasteiger partial charge in [-0.25, -0.2) is 0 Å². The third-order valence-electron chi connectivity index (χ3n) is 3.95. The molecule has 0 unspecified atom stereocenters. The van der Waals surface area contributed by atoms with Crippen LogP contribution >= 0.6 is 0 Å². The van der Waals surface area contributed by atoms with Crippen molar-refractivity contribution in [1.82, 2.24) is 5.32 Å². The first kappa shape index (κ1) is 17.7. The molecule has 0 aliphatic rings. The zero-order valence-electron chi connectivity index (χ0n) is 13.4. The molecule has 0 saturated carbocycles. The van der Waals surface area contributed by atoms with Crippen LogP contribution in [0.1, 0.15) is 33.3 Å². The Bertz CT molecular complexity index is 448. The minimum atomic E-state index is -2.87. The van der Waals surface area contributed by atoms with E-state index in [9.17, 15) is 8.78 Å². The van der Waals surface area contributed by atoms with E-state index in [1.807, 2.05) is 0 Å². The molecule has 21 heavy (non-hydrogen) atoms. The van der Waals surface area contributed by atoms with Crippen molar-refractivity contribution in [3.05, 3.63) is 23.8 Å². The number of rotatable bonds is 8. The molecule has 0 saturated heterocycles. The van der Waals surface area contributed by atoms with Crippen molar-refractivity contribution in [2.45, 2.75) is 40.9 Å². The van der Waals surface area contributed by atoms with Crippen molar-refractivity contribution >= 4 is 0 Å². The summed E-state index contributed by atoms with van der Waals surface area (Å²) in [5, 5.41) is 3.31. The molecule has 5 heteroatoms. The molecule has 1 N–H and O–H groups in total. The molecule has 0 amide bonds. The second-order valence-electron chi connectivity index (χ2n) is 6.07. The maximum atomic E-state index is 12.5. The van der Waals surface area contributed by atoms with Crippen LogP contribution in [0.2, 0.25) is 0 Å². The van der Waals surface area contributed by atoms with Crippen LogP contribution in [0, 0.1) is 11.3 Å². The summed E-state index contributed by atoms with van der Waals surface area (Å²) in [5.41, 5.74) is 0.789. The van der Waals surface area contributed by atoms with Gasteiger partial charge in [0.1, 0.15) is 0 Å². The summed E-state index contributed by atoms with van der Waals surface area (Å²) in [5.74, 6) is 0.940. The number of nitrogens with one attached hydrogen (secondary N) is 1. The fourth-order valence-corrected chi connectivity index (χ4v) is 1.81. The second-order valence-corrected chi connectivity index (χ2v) is 6.07. The van der Waals surface area contributed by atoms with Crippen LogP contribution in [0.15, 0.2) is 18.2 Å². The lowest BCUT2D eigenvalue weighted by atomic mass is 9.81. The summed E-state index contributed by atoms with van der Waals surface area (Å²) in [7, 11) is 1.44. The van der Waals surface area contributed by atoms with Gasteiger partial charge in [-0.2, -0.15) is 8.78 Å². The Morgan fingerprint density at radius 1 is 1.24 bits per heavy atom. The van der Waals surface area contributed by atoms with Gasteiger partial charge in [0.05, 0.1) is 7.11 Å². The molecule has 120 valence electrons. The van der Waals surface area contributed by atoms with Crippen LogP contribution in [0.25, 0.3) is 0 Å². The fraction of sp³-hybridized carbons (Fsp3) is 0.625. The Hall–Kier alpha value is -1.36. The lowest BCUT2D eigenvalue weighted by molar-refractivity contribution is -0.0519. The lowest BCUT2D eigenvalue weighted by Gasteiger charge is -2.29. The minimum absolute atomic E-state index is 0.102. The quantitative estimate of drug-likeness (QED) is 0.785. The van der Waals surface area contributed by atoms with Gasteiger partial charge in [-0.3, -0.25) is 0 Å². The van der Waals surface area contributed by atoms with Crippen molar-refractivity contribution in [1.29, 1.82) is 0 Å². The molecule has 0 aromatic heterocycles. The Morgan fingerprint density at radius 3 is 2.43 bits per heavy atom. The van der Waals surface area contributed by atoms with Crippen molar-refractivity contribution in [2.75, 3.05) is 13.7 Å². The van der Waals surface area contributed by atoms with Gasteiger partial charge < -0.3 is 14.8 Å². The van der Waals surface area contributed by atoms with E-state index in [4.69, 9.17) is 4.74 Å². The smallest absolute Gasteiger partial charge is 0.387 e. The lowest BCUT2D eigenvalue weighted by Crippen LogP contribution is -2.33. The van der Waals surface area contributed by atoms with Crippen LogP contribution in [0.5, 0.6) is 11.5 Å². The zero-order valence-corrected chi connectivity index (χ0v) is 13.4. The number of hydrogen-bond donors (Lipinski definition) is 1. The normalized spacial score (nSPS) is 12.0. The highest BCUT2D eigenvalue weighted by Gasteiger charge is 2.22. The van der Waals surface area contributed by atoms with Gasteiger partial charge in [-0.05, 0) is 17.4 Å². The summed E-state index contributed by atoms with van der Waals surface area (Å²) < 4.78 is 34.8. The monoisotopic (exact) mass is 301 g/mol. The highest BCUT2D eigenvalue weighted by Crippen LogP contribution is 2.32. The summed E-state index contributed by atoms with van der Waals surface area (Å²) in [6, 6.07) is 5.14. The van der Waals surface area contributed by atoms with Crippen LogP contribution in [0.4, 0.5) is 8.78 Å². The van der Waals surface area contributed by atoms with E-state index in [0.29, 0.717) is 23.8 Å². The molecule has 0 spiro atoms. The molecule has 1 rings (SSSR count). The molecule has 1 aromatic carbocycles. The number of para-hydroxylation sites is 1. The predicted octanol–water partition coefficient (Wildman–Crippen LogP) is 4.07. The molecule has 1 aromatic rings. The van der Waals surface area contributed by atoms with Gasteiger partial charge in [-0.1, -0.05) is 39.8 Å². The van der Waals surface area contributed by atoms with E-state index in [1.165, 1.54) is 7.11 Å². The summed E-state index contributed by atoms with van der Waals surface area (Å²) in [6.07, 6.45) is 0. The van der Waals surface area contributed by atoms with Crippen molar-refractivity contribution in [2.24, 2.45) is 11.3 Å². The van der Waals surface area contributed by atoms with Crippen LogP contribution < -0.4 is 14.8 Å². The molecular weight excluding hydrogens is 276 g/mol. The van der Waals surface area contributed by atoms with Crippen molar-refractivity contribution in [3.8, 4) is 11.5 Å². The van der Waals surface area contributed by atoms with E-state index >= 15 is 0 Å². The molecule has 0 heterocycles. The number of ether oxygens (including phenoxy) is 2. The molecule has 0 bridgehead atoms. The highest BCUT2D eigenvalue weighted by atomic mass is 19.3. The summed E-state index contributed by atoms with van der Waals surface area (Å²) in [6.45, 7) is 7.05. The van der Waals surface area contributed by atoms with Crippen LogP contribution in [0.3, 0.4) is 0 Å². The number of methoxy groups -OCH3 is 1. The number of alkyl halides is 2. The third kappa shape index (κ3) is 5.16. The Balaban J connectivity index is 2.79. The summed E-state index contributed by atoms with van der Waals surface area (Å²) >= 11 is 0. The molecular formula is C16H25F2NO2. The summed E-state index contributed by atoms with van der Waals surface area (Å²) in [4.78, 5) is 0. The number of halogens is 2. The average molecular weight is 301 g/mol. The Morgan fingerprint density at radius 2 is 1.90 bits per heavy atom. The van der Waals surface area contributed by atoms with Gasteiger partial charge in [0, 0.05) is 18.7 Å². The minimum Gasteiger partial charge on any atom is -0.493 e. The van der Waals surface area contributed by atoms with Crippen molar-refractivity contribution in [3.63, 3.8) is 0 Å². The number of benzene rings is 1.